The molecule has 1 N–H and O–H groups in total. The molecule has 122 valence electrons. The van der Waals surface area contributed by atoms with Gasteiger partial charge in [-0.05, 0) is 38.3 Å². The van der Waals surface area contributed by atoms with Crippen LogP contribution in [0.5, 0.6) is 0 Å². The fourth-order valence-corrected chi connectivity index (χ4v) is 2.92. The highest BCUT2D eigenvalue weighted by atomic mass is 16.5. The molecule has 2 atom stereocenters. The highest BCUT2D eigenvalue weighted by molar-refractivity contribution is 5.81. The number of nitrogens with zero attached hydrogens (tertiary/aromatic N) is 1. The van der Waals surface area contributed by atoms with Gasteiger partial charge in [-0.15, -0.1) is 0 Å². The SMILES string of the molecule is COCCN(Cc1ccc(C)o1)C(=O)[C@@H]1CC[C@H](C(=O)O)C1. The molecule has 1 fully saturated rings. The number of rotatable bonds is 7. The van der Waals surface area contributed by atoms with E-state index in [9.17, 15) is 9.59 Å². The second-order valence-corrected chi connectivity index (χ2v) is 5.81. The van der Waals surface area contributed by atoms with Crippen LogP contribution in [0.1, 0.15) is 30.8 Å². The molecule has 2 rings (SSSR count). The van der Waals surface area contributed by atoms with Gasteiger partial charge < -0.3 is 19.2 Å². The Morgan fingerprint density at radius 3 is 2.64 bits per heavy atom. The molecular weight excluding hydrogens is 286 g/mol. The van der Waals surface area contributed by atoms with E-state index in [4.69, 9.17) is 14.3 Å². The normalized spacial score (nSPS) is 21.0. The van der Waals surface area contributed by atoms with Crippen LogP contribution in [0.2, 0.25) is 0 Å². The number of carboxylic acid groups (broad SMARTS) is 1. The summed E-state index contributed by atoms with van der Waals surface area (Å²) < 4.78 is 10.6. The first-order valence-electron chi connectivity index (χ1n) is 7.57. The Labute approximate surface area is 130 Å². The van der Waals surface area contributed by atoms with Crippen LogP contribution in [0.25, 0.3) is 0 Å². The Balaban J connectivity index is 2.01. The van der Waals surface area contributed by atoms with Gasteiger partial charge in [0.15, 0.2) is 0 Å². The molecule has 1 heterocycles. The number of furan rings is 1. The van der Waals surface area contributed by atoms with Gasteiger partial charge in [-0.25, -0.2) is 0 Å². The molecule has 22 heavy (non-hydrogen) atoms. The molecule has 1 amide bonds. The molecule has 0 saturated heterocycles. The number of carbonyl (C=O) groups is 2. The molecule has 0 bridgehead atoms. The summed E-state index contributed by atoms with van der Waals surface area (Å²) in [5.74, 6) is 0.115. The largest absolute Gasteiger partial charge is 0.481 e. The monoisotopic (exact) mass is 309 g/mol. The van der Waals surface area contributed by atoms with E-state index in [0.29, 0.717) is 39.0 Å². The number of aryl methyl sites for hydroxylation is 1. The number of hydrogen-bond donors (Lipinski definition) is 1. The van der Waals surface area contributed by atoms with Crippen LogP contribution in [-0.4, -0.2) is 42.1 Å². The van der Waals surface area contributed by atoms with E-state index in [-0.39, 0.29) is 11.8 Å². The quantitative estimate of drug-likeness (QED) is 0.834. The number of carbonyl (C=O) groups excluding carboxylic acids is 1. The molecule has 1 aliphatic carbocycles. The van der Waals surface area contributed by atoms with Crippen molar-refractivity contribution in [1.82, 2.24) is 4.90 Å². The van der Waals surface area contributed by atoms with Crippen molar-refractivity contribution >= 4 is 11.9 Å². The van der Waals surface area contributed by atoms with Crippen LogP contribution in [0, 0.1) is 18.8 Å². The fourth-order valence-electron chi connectivity index (χ4n) is 2.92. The molecule has 1 aromatic rings. The Hall–Kier alpha value is -1.82. The van der Waals surface area contributed by atoms with Crippen molar-refractivity contribution in [1.29, 1.82) is 0 Å². The van der Waals surface area contributed by atoms with E-state index in [0.717, 1.165) is 11.5 Å². The topological polar surface area (TPSA) is 80.0 Å². The second-order valence-electron chi connectivity index (χ2n) is 5.81. The summed E-state index contributed by atoms with van der Waals surface area (Å²) in [7, 11) is 1.59. The number of methoxy groups -OCH3 is 1. The lowest BCUT2D eigenvalue weighted by atomic mass is 10.0. The Morgan fingerprint density at radius 1 is 1.36 bits per heavy atom. The Kier molecular flexibility index (Phi) is 5.60. The van der Waals surface area contributed by atoms with Gasteiger partial charge in [0.25, 0.3) is 0 Å². The van der Waals surface area contributed by atoms with Gasteiger partial charge in [-0.2, -0.15) is 0 Å². The summed E-state index contributed by atoms with van der Waals surface area (Å²) in [6.45, 7) is 3.17. The highest BCUT2D eigenvalue weighted by Crippen LogP contribution is 2.32. The summed E-state index contributed by atoms with van der Waals surface area (Å²) in [5, 5.41) is 9.07. The zero-order chi connectivity index (χ0) is 16.1. The molecule has 0 unspecified atom stereocenters. The lowest BCUT2D eigenvalue weighted by Gasteiger charge is -2.24. The van der Waals surface area contributed by atoms with Crippen LogP contribution >= 0.6 is 0 Å². The van der Waals surface area contributed by atoms with Crippen molar-refractivity contribution in [3.8, 4) is 0 Å². The van der Waals surface area contributed by atoms with Crippen LogP contribution in [0.15, 0.2) is 16.5 Å². The van der Waals surface area contributed by atoms with Crippen molar-refractivity contribution in [2.45, 2.75) is 32.7 Å². The zero-order valence-corrected chi connectivity index (χ0v) is 13.1. The summed E-state index contributed by atoms with van der Waals surface area (Å²) >= 11 is 0. The predicted molar refractivity (Wildman–Crippen MR) is 79.2 cm³/mol. The van der Waals surface area contributed by atoms with Crippen molar-refractivity contribution in [3.63, 3.8) is 0 Å². The summed E-state index contributed by atoms with van der Waals surface area (Å²) in [6, 6.07) is 3.72. The van der Waals surface area contributed by atoms with Gasteiger partial charge in [-0.1, -0.05) is 0 Å². The van der Waals surface area contributed by atoms with Crippen molar-refractivity contribution < 1.29 is 23.8 Å². The van der Waals surface area contributed by atoms with Crippen LogP contribution in [-0.2, 0) is 20.9 Å². The average Bonchev–Trinajstić information content (AvgIpc) is 3.11. The molecule has 6 nitrogen and oxygen atoms in total. The average molecular weight is 309 g/mol. The molecule has 0 aliphatic heterocycles. The Morgan fingerprint density at radius 2 is 2.09 bits per heavy atom. The van der Waals surface area contributed by atoms with Crippen molar-refractivity contribution in [2.75, 3.05) is 20.3 Å². The molecule has 6 heteroatoms. The molecule has 0 spiro atoms. The maximum atomic E-state index is 12.7. The first kappa shape index (κ1) is 16.5. The van der Waals surface area contributed by atoms with Gasteiger partial charge in [0.05, 0.1) is 19.1 Å². The third-order valence-electron chi connectivity index (χ3n) is 4.15. The fraction of sp³-hybridized carbons (Fsp3) is 0.625. The van der Waals surface area contributed by atoms with Crippen LogP contribution < -0.4 is 0 Å². The highest BCUT2D eigenvalue weighted by Gasteiger charge is 2.36. The van der Waals surface area contributed by atoms with E-state index < -0.39 is 11.9 Å². The van der Waals surface area contributed by atoms with E-state index in [1.807, 2.05) is 19.1 Å². The predicted octanol–water partition coefficient (Wildman–Crippen LogP) is 2.06. The third-order valence-corrected chi connectivity index (χ3v) is 4.15. The molecule has 1 saturated carbocycles. The van der Waals surface area contributed by atoms with E-state index >= 15 is 0 Å². The minimum Gasteiger partial charge on any atom is -0.481 e. The number of hydrogen-bond acceptors (Lipinski definition) is 4. The van der Waals surface area contributed by atoms with Gasteiger partial charge in [0.1, 0.15) is 11.5 Å². The number of aliphatic carboxylic acids is 1. The summed E-state index contributed by atoms with van der Waals surface area (Å²) in [6.07, 6.45) is 1.63. The van der Waals surface area contributed by atoms with Gasteiger partial charge in [-0.3, -0.25) is 9.59 Å². The van der Waals surface area contributed by atoms with Gasteiger partial charge in [0, 0.05) is 19.6 Å². The summed E-state index contributed by atoms with van der Waals surface area (Å²) in [4.78, 5) is 25.4. The molecule has 1 aliphatic rings. The second kappa shape index (κ2) is 7.45. The zero-order valence-electron chi connectivity index (χ0n) is 13.1. The number of carboxylic acids is 1. The smallest absolute Gasteiger partial charge is 0.306 e. The summed E-state index contributed by atoms with van der Waals surface area (Å²) in [5.41, 5.74) is 0. The standard InChI is InChI=1S/C16H23NO5/c1-11-3-6-14(22-11)10-17(7-8-21-2)15(18)12-4-5-13(9-12)16(19)20/h3,6,12-13H,4-5,7-10H2,1-2H3,(H,19,20)/t12-,13+/m1/s1. The van der Waals surface area contributed by atoms with E-state index in [1.165, 1.54) is 0 Å². The number of ether oxygens (including phenoxy) is 1. The lowest BCUT2D eigenvalue weighted by Crippen LogP contribution is -2.37. The maximum Gasteiger partial charge on any atom is 0.306 e. The first-order chi connectivity index (χ1) is 10.5. The minimum atomic E-state index is -0.805. The molecule has 1 aromatic heterocycles. The van der Waals surface area contributed by atoms with Crippen LogP contribution in [0.4, 0.5) is 0 Å². The lowest BCUT2D eigenvalue weighted by molar-refractivity contribution is -0.142. The first-order valence-corrected chi connectivity index (χ1v) is 7.57. The van der Waals surface area contributed by atoms with Crippen LogP contribution in [0.3, 0.4) is 0 Å². The van der Waals surface area contributed by atoms with Gasteiger partial charge >= 0.3 is 5.97 Å². The number of amides is 1. The maximum absolute atomic E-state index is 12.7. The van der Waals surface area contributed by atoms with E-state index in [1.54, 1.807) is 12.0 Å². The van der Waals surface area contributed by atoms with Crippen molar-refractivity contribution in [2.24, 2.45) is 11.8 Å². The Bertz CT molecular complexity index is 524. The third kappa shape index (κ3) is 4.10. The molecule has 0 aromatic carbocycles. The minimum absolute atomic E-state index is 0.00477. The molecule has 0 radical (unpaired) electrons. The molecular formula is C16H23NO5. The van der Waals surface area contributed by atoms with E-state index in [2.05, 4.69) is 0 Å². The van der Waals surface area contributed by atoms with Crippen molar-refractivity contribution in [3.05, 3.63) is 23.7 Å². The van der Waals surface area contributed by atoms with Gasteiger partial charge in [0.2, 0.25) is 5.91 Å².